The molecule has 202 valence electrons. The predicted molar refractivity (Wildman–Crippen MR) is 140 cm³/mol. The van der Waals surface area contributed by atoms with Gasteiger partial charge in [-0.1, -0.05) is 12.2 Å². The quantitative estimate of drug-likeness (QED) is 0.471. The van der Waals surface area contributed by atoms with Gasteiger partial charge in [-0.15, -0.1) is 0 Å². The van der Waals surface area contributed by atoms with E-state index in [4.69, 9.17) is 10.2 Å². The van der Waals surface area contributed by atoms with Crippen molar-refractivity contribution < 1.29 is 22.7 Å². The Morgan fingerprint density at radius 2 is 2.00 bits per heavy atom. The van der Waals surface area contributed by atoms with Crippen molar-refractivity contribution in [2.24, 2.45) is 10.7 Å². The first-order chi connectivity index (χ1) is 18.2. The molecule has 0 bridgehead atoms. The second-order valence-corrected chi connectivity index (χ2v) is 10.0. The number of aliphatic hydroxyl groups excluding tert-OH is 1. The highest BCUT2D eigenvalue weighted by molar-refractivity contribution is 6.09. The summed E-state index contributed by atoms with van der Waals surface area (Å²) >= 11 is 0. The summed E-state index contributed by atoms with van der Waals surface area (Å²) in [5, 5.41) is 14.0. The number of aromatic nitrogens is 1. The molecule has 10 heteroatoms. The monoisotopic (exact) mass is 527 g/mol. The molecular weight excluding hydrogens is 495 g/mol. The molecule has 5 rings (SSSR count). The van der Waals surface area contributed by atoms with Crippen molar-refractivity contribution in [3.63, 3.8) is 0 Å². The van der Waals surface area contributed by atoms with Crippen molar-refractivity contribution in [2.75, 3.05) is 19.6 Å². The van der Waals surface area contributed by atoms with Gasteiger partial charge in [0, 0.05) is 41.5 Å². The van der Waals surface area contributed by atoms with Gasteiger partial charge in [0.25, 0.3) is 0 Å². The second kappa shape index (κ2) is 10.8. The maximum Gasteiger partial charge on any atom is 0.418 e. The minimum Gasteiger partial charge on any atom is -0.444 e. The van der Waals surface area contributed by atoms with E-state index in [0.717, 1.165) is 55.1 Å². The number of hydrogen-bond donors (Lipinski definition) is 3. The number of nitrogens with one attached hydrogen (secondary N) is 1. The maximum absolute atomic E-state index is 13.9. The van der Waals surface area contributed by atoms with Crippen molar-refractivity contribution >= 4 is 11.4 Å². The van der Waals surface area contributed by atoms with Crippen LogP contribution in [0, 0.1) is 6.92 Å². The van der Waals surface area contributed by atoms with Crippen LogP contribution in [0.2, 0.25) is 0 Å². The second-order valence-electron chi connectivity index (χ2n) is 10.0. The summed E-state index contributed by atoms with van der Waals surface area (Å²) < 4.78 is 47.1. The molecule has 0 amide bonds. The SMILES string of the molecule is Cc1cc(C(N)=C2CCCN=C2C(O)NC2=C(C(F)(F)F)C=CC(N3CCCC3)C2)cc(-c2cnco2)c1. The Kier molecular flexibility index (Phi) is 7.45. The largest absolute Gasteiger partial charge is 0.444 e. The fourth-order valence-corrected chi connectivity index (χ4v) is 5.47. The summed E-state index contributed by atoms with van der Waals surface area (Å²) in [5.74, 6) is 0.594. The molecule has 0 radical (unpaired) electrons. The van der Waals surface area contributed by atoms with Gasteiger partial charge in [-0.05, 0) is 75.0 Å². The molecule has 2 aromatic rings. The van der Waals surface area contributed by atoms with Crippen molar-refractivity contribution in [2.45, 2.75) is 57.5 Å². The number of nitrogens with zero attached hydrogens (tertiary/aromatic N) is 3. The van der Waals surface area contributed by atoms with Crippen LogP contribution in [0.5, 0.6) is 0 Å². The third-order valence-electron chi connectivity index (χ3n) is 7.31. The molecule has 1 saturated heterocycles. The van der Waals surface area contributed by atoms with Crippen LogP contribution in [0.15, 0.2) is 69.2 Å². The summed E-state index contributed by atoms with van der Waals surface area (Å²) in [7, 11) is 0. The number of nitrogens with two attached hydrogens (primary N) is 1. The zero-order valence-corrected chi connectivity index (χ0v) is 21.3. The zero-order chi connectivity index (χ0) is 26.9. The summed E-state index contributed by atoms with van der Waals surface area (Å²) in [5.41, 5.74) is 9.64. The van der Waals surface area contributed by atoms with E-state index in [0.29, 0.717) is 30.0 Å². The van der Waals surface area contributed by atoms with E-state index in [1.807, 2.05) is 25.1 Å². The lowest BCUT2D eigenvalue weighted by Gasteiger charge is -2.32. The van der Waals surface area contributed by atoms with E-state index in [1.54, 1.807) is 12.3 Å². The lowest BCUT2D eigenvalue weighted by Crippen LogP contribution is -2.43. The Bertz CT molecular complexity index is 1290. The van der Waals surface area contributed by atoms with Crippen molar-refractivity contribution in [3.8, 4) is 11.3 Å². The molecule has 4 N–H and O–H groups in total. The number of aryl methyl sites for hydroxylation is 1. The van der Waals surface area contributed by atoms with E-state index >= 15 is 0 Å². The van der Waals surface area contributed by atoms with Gasteiger partial charge in [0.15, 0.2) is 18.4 Å². The first kappa shape index (κ1) is 26.2. The third kappa shape index (κ3) is 5.56. The Morgan fingerprint density at radius 1 is 1.21 bits per heavy atom. The number of halogens is 3. The van der Waals surface area contributed by atoms with Crippen molar-refractivity contribution in [1.29, 1.82) is 0 Å². The molecule has 1 aliphatic carbocycles. The molecule has 0 saturated carbocycles. The number of rotatable bonds is 6. The first-order valence-electron chi connectivity index (χ1n) is 12.9. The molecule has 7 nitrogen and oxygen atoms in total. The van der Waals surface area contributed by atoms with Crippen LogP contribution in [-0.2, 0) is 0 Å². The number of aliphatic imine (C=N–C) groups is 1. The molecule has 2 aliphatic heterocycles. The first-order valence-corrected chi connectivity index (χ1v) is 12.9. The highest BCUT2D eigenvalue weighted by Gasteiger charge is 2.39. The van der Waals surface area contributed by atoms with Gasteiger partial charge in [-0.25, -0.2) is 4.98 Å². The number of oxazole rings is 1. The average Bonchev–Trinajstić information content (AvgIpc) is 3.62. The lowest BCUT2D eigenvalue weighted by molar-refractivity contribution is -0.0900. The van der Waals surface area contributed by atoms with Crippen LogP contribution in [0.25, 0.3) is 17.0 Å². The zero-order valence-electron chi connectivity index (χ0n) is 21.3. The molecular formula is C28H32F3N5O2. The van der Waals surface area contributed by atoms with Crippen LogP contribution < -0.4 is 11.1 Å². The third-order valence-corrected chi connectivity index (χ3v) is 7.31. The highest BCUT2D eigenvalue weighted by atomic mass is 19.4. The van der Waals surface area contributed by atoms with E-state index in [9.17, 15) is 18.3 Å². The number of alkyl halides is 3. The number of allylic oxidation sites excluding steroid dienone is 2. The number of aliphatic hydroxyl groups is 1. The molecule has 3 aliphatic rings. The van der Waals surface area contributed by atoms with Crippen molar-refractivity contribution in [1.82, 2.24) is 15.2 Å². The Hall–Kier alpha value is -3.37. The summed E-state index contributed by atoms with van der Waals surface area (Å²) in [4.78, 5) is 10.7. The topological polar surface area (TPSA) is 99.9 Å². The van der Waals surface area contributed by atoms with Crippen LogP contribution in [-0.4, -0.2) is 58.8 Å². The van der Waals surface area contributed by atoms with E-state index < -0.39 is 18.0 Å². The van der Waals surface area contributed by atoms with E-state index in [1.165, 1.54) is 6.39 Å². The molecule has 38 heavy (non-hydrogen) atoms. The number of hydrogen-bond acceptors (Lipinski definition) is 7. The highest BCUT2D eigenvalue weighted by Crippen LogP contribution is 2.35. The molecule has 1 fully saturated rings. The minimum absolute atomic E-state index is 0.0289. The van der Waals surface area contributed by atoms with E-state index in [2.05, 4.69) is 20.2 Å². The standard InChI is InChI=1S/C28H32F3N5O2/c1-17-11-18(24-15-33-16-38-24)13-19(12-17)25(32)21-5-4-8-34-26(21)27(37)35-23-14-20(36-9-2-3-10-36)6-7-22(23)28(29,30)31/h6-7,11-13,15-16,20,27,35,37H,2-5,8-10,14,32H2,1H3. The van der Waals surface area contributed by atoms with Crippen LogP contribution in [0.4, 0.5) is 13.2 Å². The molecule has 3 heterocycles. The van der Waals surface area contributed by atoms with Gasteiger partial charge in [0.2, 0.25) is 0 Å². The normalized spacial score (nSPS) is 23.0. The van der Waals surface area contributed by atoms with Crippen LogP contribution in [0.1, 0.15) is 43.2 Å². The van der Waals surface area contributed by atoms with Gasteiger partial charge in [-0.2, -0.15) is 13.2 Å². The van der Waals surface area contributed by atoms with E-state index in [-0.39, 0.29) is 23.9 Å². The fraction of sp³-hybridized carbons (Fsp3) is 0.429. The van der Waals surface area contributed by atoms with Gasteiger partial charge < -0.3 is 20.6 Å². The van der Waals surface area contributed by atoms with Crippen LogP contribution in [0.3, 0.4) is 0 Å². The van der Waals surface area contributed by atoms with Crippen molar-refractivity contribution in [3.05, 3.63) is 70.9 Å². The van der Waals surface area contributed by atoms with Gasteiger partial charge >= 0.3 is 6.18 Å². The molecule has 2 atom stereocenters. The molecule has 0 spiro atoms. The number of likely N-dealkylation sites (tertiary alicyclic amines) is 1. The maximum atomic E-state index is 13.9. The minimum atomic E-state index is -4.54. The number of benzene rings is 1. The lowest BCUT2D eigenvalue weighted by atomic mass is 9.92. The van der Waals surface area contributed by atoms with Gasteiger partial charge in [-0.3, -0.25) is 9.89 Å². The van der Waals surface area contributed by atoms with Gasteiger partial charge in [0.05, 0.1) is 17.5 Å². The van der Waals surface area contributed by atoms with Crippen LogP contribution >= 0.6 is 0 Å². The predicted octanol–water partition coefficient (Wildman–Crippen LogP) is 4.70. The Morgan fingerprint density at radius 3 is 2.71 bits per heavy atom. The summed E-state index contributed by atoms with van der Waals surface area (Å²) in [6, 6.07) is 5.60. The Labute approximate surface area is 219 Å². The van der Waals surface area contributed by atoms with Gasteiger partial charge in [0.1, 0.15) is 0 Å². The molecule has 2 unspecified atom stereocenters. The molecule has 1 aromatic carbocycles. The fourth-order valence-electron chi connectivity index (χ4n) is 5.47. The summed E-state index contributed by atoms with van der Waals surface area (Å²) in [6.45, 7) is 4.11. The molecule has 1 aromatic heterocycles. The summed E-state index contributed by atoms with van der Waals surface area (Å²) in [6.07, 6.45) is 3.24. The smallest absolute Gasteiger partial charge is 0.418 e. The Balaban J connectivity index is 1.45. The average molecular weight is 528 g/mol.